The van der Waals surface area contributed by atoms with Crippen molar-refractivity contribution in [3.8, 4) is 0 Å². The summed E-state index contributed by atoms with van der Waals surface area (Å²) < 4.78 is 47.3. The van der Waals surface area contributed by atoms with Crippen molar-refractivity contribution in [2.24, 2.45) is 0 Å². The zero-order chi connectivity index (χ0) is 13.6. The molecule has 0 aliphatic carbocycles. The standard InChI is InChI=1S/C11H11ClO4S2/c1-2-17(13,14)7-10-5-8-3-4-9(12)6-11(8)18(10,15)16/h3-6H,2,7H2,1H3. The molecule has 1 aromatic carbocycles. The van der Waals surface area contributed by atoms with Gasteiger partial charge in [0.25, 0.3) is 0 Å². The van der Waals surface area contributed by atoms with Gasteiger partial charge in [-0.3, -0.25) is 0 Å². The van der Waals surface area contributed by atoms with Crippen LogP contribution < -0.4 is 0 Å². The number of fused-ring (bicyclic) bond motifs is 1. The van der Waals surface area contributed by atoms with Crippen LogP contribution in [-0.4, -0.2) is 28.3 Å². The molecule has 0 aromatic heterocycles. The van der Waals surface area contributed by atoms with Crippen molar-refractivity contribution in [2.45, 2.75) is 11.8 Å². The molecule has 0 unspecified atom stereocenters. The van der Waals surface area contributed by atoms with Gasteiger partial charge in [0.15, 0.2) is 9.84 Å². The summed E-state index contributed by atoms with van der Waals surface area (Å²) in [6, 6.07) is 4.48. The fourth-order valence-corrected chi connectivity index (χ4v) is 5.09. The molecule has 0 saturated heterocycles. The Labute approximate surface area is 111 Å². The van der Waals surface area contributed by atoms with Crippen molar-refractivity contribution in [1.82, 2.24) is 0 Å². The molecule has 0 atom stereocenters. The average Bonchev–Trinajstić information content (AvgIpc) is 2.52. The van der Waals surface area contributed by atoms with E-state index in [0.717, 1.165) is 0 Å². The predicted octanol–water partition coefficient (Wildman–Crippen LogP) is 1.90. The molecule has 0 amide bonds. The Morgan fingerprint density at radius 1 is 1.28 bits per heavy atom. The number of hydrogen-bond donors (Lipinski definition) is 0. The van der Waals surface area contributed by atoms with E-state index in [9.17, 15) is 16.8 Å². The normalized spacial score (nSPS) is 17.3. The molecule has 0 radical (unpaired) electrons. The summed E-state index contributed by atoms with van der Waals surface area (Å²) in [5.41, 5.74) is 0.487. The van der Waals surface area contributed by atoms with E-state index in [1.165, 1.54) is 19.1 Å². The molecule has 0 spiro atoms. The highest BCUT2D eigenvalue weighted by Crippen LogP contribution is 2.35. The largest absolute Gasteiger partial charge is 0.228 e. The topological polar surface area (TPSA) is 68.3 Å². The van der Waals surface area contributed by atoms with Crippen LogP contribution in [0.5, 0.6) is 0 Å². The molecular weight excluding hydrogens is 296 g/mol. The summed E-state index contributed by atoms with van der Waals surface area (Å²) in [7, 11) is -7.10. The third-order valence-electron chi connectivity index (χ3n) is 2.73. The van der Waals surface area contributed by atoms with E-state index in [1.807, 2.05) is 0 Å². The van der Waals surface area contributed by atoms with Gasteiger partial charge in [-0.15, -0.1) is 0 Å². The van der Waals surface area contributed by atoms with Gasteiger partial charge in [-0.05, 0) is 23.8 Å². The van der Waals surface area contributed by atoms with Crippen LogP contribution >= 0.6 is 11.6 Å². The second-order valence-corrected chi connectivity index (χ2v) is 8.73. The van der Waals surface area contributed by atoms with Gasteiger partial charge in [-0.2, -0.15) is 0 Å². The number of halogens is 1. The van der Waals surface area contributed by atoms with E-state index in [4.69, 9.17) is 11.6 Å². The number of rotatable bonds is 3. The molecule has 0 saturated carbocycles. The molecule has 1 aromatic rings. The third-order valence-corrected chi connectivity index (χ3v) is 6.66. The van der Waals surface area contributed by atoms with Crippen LogP contribution in [0.4, 0.5) is 0 Å². The smallest absolute Gasteiger partial charge is 0.204 e. The first kappa shape index (κ1) is 13.6. The molecule has 98 valence electrons. The molecule has 1 aliphatic rings. The van der Waals surface area contributed by atoms with E-state index in [1.54, 1.807) is 12.1 Å². The lowest BCUT2D eigenvalue weighted by molar-refractivity contribution is 0.594. The van der Waals surface area contributed by atoms with Crippen LogP contribution in [0, 0.1) is 0 Å². The number of sulfone groups is 2. The average molecular weight is 307 g/mol. The highest BCUT2D eigenvalue weighted by molar-refractivity contribution is 7.98. The molecule has 7 heteroatoms. The fraction of sp³-hybridized carbons (Fsp3) is 0.273. The highest BCUT2D eigenvalue weighted by Gasteiger charge is 2.32. The summed E-state index contributed by atoms with van der Waals surface area (Å²) in [6.45, 7) is 1.49. The first-order valence-electron chi connectivity index (χ1n) is 5.22. The minimum atomic E-state index is -3.71. The maximum absolute atomic E-state index is 12.1. The maximum atomic E-state index is 12.1. The lowest BCUT2D eigenvalue weighted by Crippen LogP contribution is -2.14. The van der Waals surface area contributed by atoms with Crippen LogP contribution in [0.15, 0.2) is 28.0 Å². The van der Waals surface area contributed by atoms with Crippen LogP contribution in [0.1, 0.15) is 12.5 Å². The zero-order valence-corrected chi connectivity index (χ0v) is 11.9. The first-order chi connectivity index (χ1) is 8.26. The first-order valence-corrected chi connectivity index (χ1v) is 8.90. The Bertz CT molecular complexity index is 730. The molecule has 18 heavy (non-hydrogen) atoms. The Balaban J connectivity index is 2.51. The quantitative estimate of drug-likeness (QED) is 0.855. The summed E-state index contributed by atoms with van der Waals surface area (Å²) in [6.07, 6.45) is 1.40. The lowest BCUT2D eigenvalue weighted by Gasteiger charge is -2.04. The lowest BCUT2D eigenvalue weighted by atomic mass is 10.2. The summed E-state index contributed by atoms with van der Waals surface area (Å²) in [5, 5.41) is 0.310. The minimum absolute atomic E-state index is 0.0799. The summed E-state index contributed by atoms with van der Waals surface area (Å²) in [5.74, 6) is -0.547. The van der Waals surface area contributed by atoms with Gasteiger partial charge in [-0.1, -0.05) is 24.6 Å². The van der Waals surface area contributed by atoms with Crippen LogP contribution in [0.3, 0.4) is 0 Å². The Morgan fingerprint density at radius 2 is 1.94 bits per heavy atom. The van der Waals surface area contributed by atoms with Gasteiger partial charge in [0, 0.05) is 10.8 Å². The molecule has 0 N–H and O–H groups in total. The van der Waals surface area contributed by atoms with E-state index in [0.29, 0.717) is 10.6 Å². The zero-order valence-electron chi connectivity index (χ0n) is 9.55. The van der Waals surface area contributed by atoms with Gasteiger partial charge in [0.05, 0.1) is 15.6 Å². The van der Waals surface area contributed by atoms with Gasteiger partial charge < -0.3 is 0 Å². The van der Waals surface area contributed by atoms with Crippen molar-refractivity contribution < 1.29 is 16.8 Å². The second kappa shape index (κ2) is 4.36. The molecule has 4 nitrogen and oxygen atoms in total. The Kier molecular flexibility index (Phi) is 3.29. The van der Waals surface area contributed by atoms with Gasteiger partial charge in [0.1, 0.15) is 0 Å². The molecule has 1 heterocycles. The van der Waals surface area contributed by atoms with Crippen molar-refractivity contribution in [2.75, 3.05) is 11.5 Å². The highest BCUT2D eigenvalue weighted by atomic mass is 35.5. The molecular formula is C11H11ClO4S2. The second-order valence-electron chi connectivity index (χ2n) is 3.97. The van der Waals surface area contributed by atoms with E-state index in [-0.39, 0.29) is 15.6 Å². The van der Waals surface area contributed by atoms with Crippen molar-refractivity contribution in [1.29, 1.82) is 0 Å². The monoisotopic (exact) mass is 306 g/mol. The van der Waals surface area contributed by atoms with Gasteiger partial charge in [-0.25, -0.2) is 16.8 Å². The molecule has 0 fully saturated rings. The van der Waals surface area contributed by atoms with Crippen LogP contribution in [0.2, 0.25) is 5.02 Å². The Hall–Kier alpha value is -0.850. The summed E-state index contributed by atoms with van der Waals surface area (Å²) >= 11 is 5.75. The SMILES string of the molecule is CCS(=O)(=O)CC1=Cc2ccc(Cl)cc2S1(=O)=O. The predicted molar refractivity (Wildman–Crippen MR) is 70.9 cm³/mol. The van der Waals surface area contributed by atoms with Crippen molar-refractivity contribution in [3.63, 3.8) is 0 Å². The van der Waals surface area contributed by atoms with Crippen LogP contribution in [-0.2, 0) is 19.7 Å². The van der Waals surface area contributed by atoms with Crippen LogP contribution in [0.25, 0.3) is 6.08 Å². The molecule has 0 bridgehead atoms. The van der Waals surface area contributed by atoms with E-state index in [2.05, 4.69) is 0 Å². The maximum Gasteiger partial charge on any atom is 0.204 e. The van der Waals surface area contributed by atoms with Crippen molar-refractivity contribution >= 4 is 37.4 Å². The van der Waals surface area contributed by atoms with Gasteiger partial charge in [0.2, 0.25) is 9.84 Å². The van der Waals surface area contributed by atoms with Gasteiger partial charge >= 0.3 is 0 Å². The van der Waals surface area contributed by atoms with Crippen molar-refractivity contribution in [3.05, 3.63) is 33.7 Å². The third kappa shape index (κ3) is 2.32. The van der Waals surface area contributed by atoms with E-state index >= 15 is 0 Å². The minimum Gasteiger partial charge on any atom is -0.228 e. The fourth-order valence-electron chi connectivity index (χ4n) is 1.69. The molecule has 2 rings (SSSR count). The van der Waals surface area contributed by atoms with E-state index < -0.39 is 25.4 Å². The Morgan fingerprint density at radius 3 is 2.56 bits per heavy atom. The number of benzene rings is 1. The molecule has 1 aliphatic heterocycles. The number of hydrogen-bond acceptors (Lipinski definition) is 4. The summed E-state index contributed by atoms with van der Waals surface area (Å²) in [4.78, 5) is -0.00193.